The van der Waals surface area contributed by atoms with Crippen LogP contribution in [0.3, 0.4) is 0 Å². The maximum Gasteiger partial charge on any atom is 0.142 e. The van der Waals surface area contributed by atoms with Crippen LogP contribution < -0.4 is 5.32 Å². The minimum absolute atomic E-state index is 1.08. The zero-order chi connectivity index (χ0) is 13.5. The molecule has 0 unspecified atom stereocenters. The number of allylic oxidation sites excluding steroid dienone is 3. The Morgan fingerprint density at radius 1 is 0.950 bits per heavy atom. The van der Waals surface area contributed by atoms with E-state index in [-0.39, 0.29) is 0 Å². The van der Waals surface area contributed by atoms with Gasteiger partial charge in [-0.05, 0) is 25.1 Å². The van der Waals surface area contributed by atoms with Crippen LogP contribution in [-0.4, -0.2) is 5.71 Å². The van der Waals surface area contributed by atoms with Gasteiger partial charge >= 0.3 is 0 Å². The third kappa shape index (κ3) is 1.66. The maximum absolute atomic E-state index is 4.64. The fourth-order valence-corrected chi connectivity index (χ4v) is 2.87. The minimum Gasteiger partial charge on any atom is -0.287 e. The third-order valence-electron chi connectivity index (χ3n) is 3.89. The van der Waals surface area contributed by atoms with Crippen LogP contribution in [0.25, 0.3) is 11.1 Å². The molecule has 0 atom stereocenters. The summed E-state index contributed by atoms with van der Waals surface area (Å²) in [6.07, 6.45) is 4.44. The lowest BCUT2D eigenvalue weighted by atomic mass is 9.98. The molecule has 0 saturated carbocycles. The Labute approximate surface area is 118 Å². The van der Waals surface area contributed by atoms with E-state index in [1.165, 1.54) is 28.0 Å². The van der Waals surface area contributed by atoms with Crippen molar-refractivity contribution in [3.05, 3.63) is 71.9 Å². The molecular weight excluding hydrogens is 244 g/mol. The molecule has 2 aromatic rings. The van der Waals surface area contributed by atoms with Crippen molar-refractivity contribution in [3.63, 3.8) is 0 Å². The topological polar surface area (TPSA) is 29.0 Å². The van der Waals surface area contributed by atoms with E-state index < -0.39 is 0 Å². The normalized spacial score (nSPS) is 17.8. The first-order valence-electron chi connectivity index (χ1n) is 6.84. The smallest absolute Gasteiger partial charge is 0.142 e. The third-order valence-corrected chi connectivity index (χ3v) is 3.89. The zero-order valence-electron chi connectivity index (χ0n) is 11.3. The lowest BCUT2D eigenvalue weighted by Gasteiger charge is -2.02. The Hall–Kier alpha value is -2.45. The van der Waals surface area contributed by atoms with Crippen LogP contribution in [0.1, 0.15) is 18.1 Å². The molecule has 2 aliphatic heterocycles. The van der Waals surface area contributed by atoms with Gasteiger partial charge < -0.3 is 0 Å². The van der Waals surface area contributed by atoms with Gasteiger partial charge in [-0.3, -0.25) is 10.3 Å². The van der Waals surface area contributed by atoms with Crippen LogP contribution in [0.5, 0.6) is 0 Å². The number of hydrogen-bond donors (Lipinski definition) is 1. The van der Waals surface area contributed by atoms with Gasteiger partial charge in [0, 0.05) is 34.1 Å². The van der Waals surface area contributed by atoms with Crippen molar-refractivity contribution in [1.82, 2.24) is 0 Å². The van der Waals surface area contributed by atoms with Crippen molar-refractivity contribution in [3.8, 4) is 0 Å². The SMILES string of the molecule is CC1=Nc2ccccc2/C1=C/C1=C[NH2+]c2ccccc21. The van der Waals surface area contributed by atoms with Crippen molar-refractivity contribution >= 4 is 28.2 Å². The van der Waals surface area contributed by atoms with Gasteiger partial charge in [0.2, 0.25) is 0 Å². The summed E-state index contributed by atoms with van der Waals surface area (Å²) in [7, 11) is 0. The number of fused-ring (bicyclic) bond motifs is 2. The van der Waals surface area contributed by atoms with Crippen LogP contribution in [0.15, 0.2) is 65.8 Å². The average Bonchev–Trinajstić information content (AvgIpc) is 3.02. The van der Waals surface area contributed by atoms with Gasteiger partial charge in [-0.2, -0.15) is 0 Å². The van der Waals surface area contributed by atoms with Crippen LogP contribution in [-0.2, 0) is 0 Å². The number of benzene rings is 2. The van der Waals surface area contributed by atoms with Gasteiger partial charge in [-0.25, -0.2) is 0 Å². The second-order valence-electron chi connectivity index (χ2n) is 5.15. The summed E-state index contributed by atoms with van der Waals surface area (Å²) in [5.41, 5.74) is 8.50. The highest BCUT2D eigenvalue weighted by molar-refractivity contribution is 6.29. The molecular formula is C18H15N2+. The van der Waals surface area contributed by atoms with E-state index in [0.29, 0.717) is 0 Å². The fraction of sp³-hybridized carbons (Fsp3) is 0.0556. The fourth-order valence-electron chi connectivity index (χ4n) is 2.87. The molecule has 2 nitrogen and oxygen atoms in total. The van der Waals surface area contributed by atoms with Gasteiger partial charge in [-0.15, -0.1) is 0 Å². The molecule has 96 valence electrons. The van der Waals surface area contributed by atoms with Gasteiger partial charge in [0.05, 0.1) is 5.69 Å². The molecule has 0 aliphatic carbocycles. The number of nitrogens with two attached hydrogens (primary N) is 1. The quantitative estimate of drug-likeness (QED) is 0.760. The molecule has 0 bridgehead atoms. The minimum atomic E-state index is 1.08. The van der Waals surface area contributed by atoms with Crippen LogP contribution in [0.4, 0.5) is 11.4 Å². The molecule has 20 heavy (non-hydrogen) atoms. The first-order valence-corrected chi connectivity index (χ1v) is 6.84. The summed E-state index contributed by atoms with van der Waals surface area (Å²) in [5, 5.41) is 2.18. The zero-order valence-corrected chi connectivity index (χ0v) is 11.3. The summed E-state index contributed by atoms with van der Waals surface area (Å²) < 4.78 is 0. The highest BCUT2D eigenvalue weighted by Gasteiger charge is 2.21. The Bertz CT molecular complexity index is 795. The molecule has 2 N–H and O–H groups in total. The molecule has 2 aliphatic rings. The molecule has 0 spiro atoms. The highest BCUT2D eigenvalue weighted by Crippen LogP contribution is 2.37. The largest absolute Gasteiger partial charge is 0.287 e. The number of rotatable bonds is 1. The molecule has 2 heterocycles. The number of hydrogen-bond acceptors (Lipinski definition) is 1. The van der Waals surface area contributed by atoms with E-state index in [9.17, 15) is 0 Å². The lowest BCUT2D eigenvalue weighted by Crippen LogP contribution is -2.69. The molecule has 2 aromatic carbocycles. The van der Waals surface area contributed by atoms with Crippen molar-refractivity contribution in [2.45, 2.75) is 6.92 Å². The first kappa shape index (κ1) is 11.4. The second-order valence-corrected chi connectivity index (χ2v) is 5.15. The molecule has 0 fully saturated rings. The molecule has 0 aromatic heterocycles. The maximum atomic E-state index is 4.64. The average molecular weight is 259 g/mol. The summed E-state index contributed by atoms with van der Waals surface area (Å²) in [6, 6.07) is 16.8. The van der Waals surface area contributed by atoms with Gasteiger partial charge in [-0.1, -0.05) is 30.3 Å². The Morgan fingerprint density at radius 3 is 2.60 bits per heavy atom. The van der Waals surface area contributed by atoms with Gasteiger partial charge in [0.1, 0.15) is 11.9 Å². The van der Waals surface area contributed by atoms with Gasteiger partial charge in [0.25, 0.3) is 0 Å². The summed E-state index contributed by atoms with van der Waals surface area (Å²) in [5.74, 6) is 0. The van der Waals surface area contributed by atoms with E-state index in [1.54, 1.807) is 0 Å². The van der Waals surface area contributed by atoms with Crippen molar-refractivity contribution in [2.24, 2.45) is 4.99 Å². The highest BCUT2D eigenvalue weighted by atomic mass is 14.9. The second kappa shape index (κ2) is 4.29. The summed E-state index contributed by atoms with van der Waals surface area (Å²) >= 11 is 0. The van der Waals surface area contributed by atoms with E-state index in [2.05, 4.69) is 72.0 Å². The molecule has 4 rings (SSSR count). The Morgan fingerprint density at radius 2 is 1.70 bits per heavy atom. The summed E-state index contributed by atoms with van der Waals surface area (Å²) in [6.45, 7) is 2.08. The Balaban J connectivity index is 1.82. The van der Waals surface area contributed by atoms with E-state index in [4.69, 9.17) is 0 Å². The Kier molecular flexibility index (Phi) is 2.44. The number of quaternary nitrogens is 1. The molecule has 0 amide bonds. The molecule has 2 heteroatoms. The van der Waals surface area contributed by atoms with Crippen LogP contribution >= 0.6 is 0 Å². The monoisotopic (exact) mass is 259 g/mol. The summed E-state index contributed by atoms with van der Waals surface area (Å²) in [4.78, 5) is 4.64. The molecule has 0 saturated heterocycles. The number of aliphatic imine (C=N–C) groups is 1. The lowest BCUT2D eigenvalue weighted by molar-refractivity contribution is -0.491. The van der Waals surface area contributed by atoms with Crippen LogP contribution in [0, 0.1) is 0 Å². The van der Waals surface area contributed by atoms with E-state index in [1.807, 2.05) is 6.07 Å². The first-order chi connectivity index (χ1) is 9.83. The van der Waals surface area contributed by atoms with Crippen molar-refractivity contribution in [1.29, 1.82) is 0 Å². The predicted molar refractivity (Wildman–Crippen MR) is 83.2 cm³/mol. The number of para-hydroxylation sites is 2. The molecule has 0 radical (unpaired) electrons. The van der Waals surface area contributed by atoms with Gasteiger partial charge in [0.15, 0.2) is 0 Å². The van der Waals surface area contributed by atoms with Crippen LogP contribution in [0.2, 0.25) is 0 Å². The van der Waals surface area contributed by atoms with E-state index >= 15 is 0 Å². The van der Waals surface area contributed by atoms with E-state index in [0.717, 1.165) is 11.4 Å². The van der Waals surface area contributed by atoms with Crippen molar-refractivity contribution in [2.75, 3.05) is 0 Å². The number of nitrogens with zero attached hydrogens (tertiary/aromatic N) is 1. The van der Waals surface area contributed by atoms with Crippen molar-refractivity contribution < 1.29 is 5.32 Å². The standard InChI is InChI=1S/C18H14N2/c1-12-16(15-7-3-5-9-18(15)20-12)10-13-11-19-17-8-4-2-6-14(13)17/h2-11,19H,1H3/p+1/b16-10+. The predicted octanol–water partition coefficient (Wildman–Crippen LogP) is 3.43.